The van der Waals surface area contributed by atoms with Gasteiger partial charge in [0.1, 0.15) is 5.56 Å². The molecule has 22 heavy (non-hydrogen) atoms. The van der Waals surface area contributed by atoms with Crippen molar-refractivity contribution in [2.24, 2.45) is 5.92 Å². The summed E-state index contributed by atoms with van der Waals surface area (Å²) in [5.41, 5.74) is 0.962. The van der Waals surface area contributed by atoms with Gasteiger partial charge in [-0.1, -0.05) is 6.07 Å². The molecular weight excluding hydrogens is 282 g/mol. The molecule has 1 N–H and O–H groups in total. The zero-order valence-electron chi connectivity index (χ0n) is 13.2. The number of hydrogen-bond acceptors (Lipinski definition) is 4. The van der Waals surface area contributed by atoms with E-state index in [1.807, 2.05) is 14.0 Å². The van der Waals surface area contributed by atoms with Crippen molar-refractivity contribution in [3.8, 4) is 0 Å². The van der Waals surface area contributed by atoms with E-state index in [1.165, 1.54) is 6.07 Å². The number of benzene rings is 1. The quantitative estimate of drug-likeness (QED) is 0.669. The highest BCUT2D eigenvalue weighted by Gasteiger charge is 2.28. The number of piperidine rings is 1. The number of hydrogen-bond donors (Lipinski definition) is 1. The van der Waals surface area contributed by atoms with E-state index in [0.29, 0.717) is 19.0 Å². The minimum atomic E-state index is -0.480. The Labute approximate surface area is 130 Å². The molecule has 1 fully saturated rings. The zero-order valence-corrected chi connectivity index (χ0v) is 13.2. The van der Waals surface area contributed by atoms with E-state index in [-0.39, 0.29) is 17.2 Å². The van der Waals surface area contributed by atoms with Crippen LogP contribution in [0.4, 0.5) is 5.69 Å². The van der Waals surface area contributed by atoms with Crippen LogP contribution in [0.1, 0.15) is 35.2 Å². The van der Waals surface area contributed by atoms with Gasteiger partial charge in [0.25, 0.3) is 11.6 Å². The van der Waals surface area contributed by atoms with Crippen LogP contribution in [0.2, 0.25) is 0 Å². The predicted octanol–water partition coefficient (Wildman–Crippen LogP) is 2.36. The first-order chi connectivity index (χ1) is 10.5. The van der Waals surface area contributed by atoms with Gasteiger partial charge >= 0.3 is 0 Å². The van der Waals surface area contributed by atoms with Crippen molar-refractivity contribution in [1.82, 2.24) is 10.2 Å². The molecule has 0 spiro atoms. The van der Waals surface area contributed by atoms with Crippen LogP contribution < -0.4 is 5.32 Å². The van der Waals surface area contributed by atoms with Gasteiger partial charge in [-0.3, -0.25) is 14.9 Å². The molecule has 6 nitrogen and oxygen atoms in total. The van der Waals surface area contributed by atoms with Crippen LogP contribution in [0.3, 0.4) is 0 Å². The number of rotatable bonds is 5. The number of carbonyl (C=O) groups excluding carboxylic acids is 1. The maximum atomic E-state index is 12.6. The number of aryl methyl sites for hydroxylation is 1. The van der Waals surface area contributed by atoms with Crippen LogP contribution in [-0.4, -0.2) is 42.4 Å². The van der Waals surface area contributed by atoms with Gasteiger partial charge in [-0.2, -0.15) is 0 Å². The minimum absolute atomic E-state index is 0.104. The summed E-state index contributed by atoms with van der Waals surface area (Å²) in [5.74, 6) is 0.409. The first-order valence-electron chi connectivity index (χ1n) is 7.72. The van der Waals surface area contributed by atoms with Gasteiger partial charge in [0.15, 0.2) is 0 Å². The van der Waals surface area contributed by atoms with Gasteiger partial charge in [0.2, 0.25) is 0 Å². The summed E-state index contributed by atoms with van der Waals surface area (Å²) in [6.07, 6.45) is 3.04. The molecule has 1 aliphatic rings. The van der Waals surface area contributed by atoms with Crippen LogP contribution >= 0.6 is 0 Å². The summed E-state index contributed by atoms with van der Waals surface area (Å²) in [4.78, 5) is 25.0. The first kappa shape index (κ1) is 16.4. The van der Waals surface area contributed by atoms with E-state index in [2.05, 4.69) is 5.32 Å². The zero-order chi connectivity index (χ0) is 16.1. The number of nitrogens with zero attached hydrogens (tertiary/aromatic N) is 2. The van der Waals surface area contributed by atoms with Crippen LogP contribution in [0.5, 0.6) is 0 Å². The molecule has 0 saturated carbocycles. The highest BCUT2D eigenvalue weighted by Crippen LogP contribution is 2.25. The maximum Gasteiger partial charge on any atom is 0.282 e. The largest absolute Gasteiger partial charge is 0.338 e. The highest BCUT2D eigenvalue weighted by atomic mass is 16.6. The number of likely N-dealkylation sites (tertiary alicyclic amines) is 1. The lowest BCUT2D eigenvalue weighted by molar-refractivity contribution is -0.385. The Balaban J connectivity index is 2.07. The molecule has 1 heterocycles. The molecular formula is C16H23N3O3. The molecule has 2 rings (SSSR count). The van der Waals surface area contributed by atoms with Gasteiger partial charge in [-0.25, -0.2) is 0 Å². The first-order valence-corrected chi connectivity index (χ1v) is 7.72. The fourth-order valence-corrected chi connectivity index (χ4v) is 2.92. The van der Waals surface area contributed by atoms with Crippen molar-refractivity contribution in [2.45, 2.75) is 26.2 Å². The van der Waals surface area contributed by atoms with Gasteiger partial charge < -0.3 is 10.2 Å². The third kappa shape index (κ3) is 3.82. The third-order valence-corrected chi connectivity index (χ3v) is 4.28. The molecule has 1 aromatic rings. The van der Waals surface area contributed by atoms with E-state index in [0.717, 1.165) is 31.4 Å². The monoisotopic (exact) mass is 305 g/mol. The molecule has 6 heteroatoms. The number of carbonyl (C=O) groups is 1. The van der Waals surface area contributed by atoms with Crippen molar-refractivity contribution in [3.63, 3.8) is 0 Å². The number of nitro benzene ring substituents is 1. The number of amides is 1. The van der Waals surface area contributed by atoms with Gasteiger partial charge in [0, 0.05) is 19.2 Å². The Bertz CT molecular complexity index is 552. The second-order valence-electron chi connectivity index (χ2n) is 5.91. The molecule has 120 valence electrons. The molecule has 1 saturated heterocycles. The molecule has 0 radical (unpaired) electrons. The third-order valence-electron chi connectivity index (χ3n) is 4.28. The average molecular weight is 305 g/mol. The van der Waals surface area contributed by atoms with E-state index in [4.69, 9.17) is 0 Å². The summed E-state index contributed by atoms with van der Waals surface area (Å²) >= 11 is 0. The Hall–Kier alpha value is -1.95. The SMILES string of the molecule is CNCCC1CCN(C(=O)c2cc(C)ccc2[N+](=O)[O-])CC1. The number of nitro groups is 1. The van der Waals surface area contributed by atoms with Crippen LogP contribution in [0.15, 0.2) is 18.2 Å². The topological polar surface area (TPSA) is 75.5 Å². The van der Waals surface area contributed by atoms with Crippen LogP contribution in [0.25, 0.3) is 0 Å². The molecule has 0 bridgehead atoms. The second-order valence-corrected chi connectivity index (χ2v) is 5.91. The molecule has 1 amide bonds. The molecule has 0 unspecified atom stereocenters. The summed E-state index contributed by atoms with van der Waals surface area (Å²) in [6, 6.07) is 4.70. The van der Waals surface area contributed by atoms with E-state index < -0.39 is 4.92 Å². The maximum absolute atomic E-state index is 12.6. The number of nitrogens with one attached hydrogen (secondary N) is 1. The molecule has 0 aliphatic carbocycles. The summed E-state index contributed by atoms with van der Waals surface area (Å²) in [6.45, 7) is 4.18. The highest BCUT2D eigenvalue weighted by molar-refractivity contribution is 5.98. The van der Waals surface area contributed by atoms with E-state index >= 15 is 0 Å². The second kappa shape index (κ2) is 7.35. The average Bonchev–Trinajstić information content (AvgIpc) is 2.52. The van der Waals surface area contributed by atoms with E-state index in [9.17, 15) is 14.9 Å². The van der Waals surface area contributed by atoms with Crippen LogP contribution in [-0.2, 0) is 0 Å². The van der Waals surface area contributed by atoms with Gasteiger partial charge in [-0.15, -0.1) is 0 Å². The van der Waals surface area contributed by atoms with Crippen molar-refractivity contribution in [2.75, 3.05) is 26.7 Å². The lowest BCUT2D eigenvalue weighted by Crippen LogP contribution is -2.39. The predicted molar refractivity (Wildman–Crippen MR) is 85.0 cm³/mol. The normalized spacial score (nSPS) is 15.8. The van der Waals surface area contributed by atoms with E-state index in [1.54, 1.807) is 17.0 Å². The molecule has 0 aromatic heterocycles. The van der Waals surface area contributed by atoms with Crippen molar-refractivity contribution in [1.29, 1.82) is 0 Å². The van der Waals surface area contributed by atoms with Gasteiger partial charge in [0.05, 0.1) is 4.92 Å². The smallest absolute Gasteiger partial charge is 0.282 e. The van der Waals surface area contributed by atoms with Gasteiger partial charge in [-0.05, 0) is 57.3 Å². The summed E-state index contributed by atoms with van der Waals surface area (Å²) in [5, 5.41) is 14.3. The molecule has 0 atom stereocenters. The fraction of sp³-hybridized carbons (Fsp3) is 0.562. The fourth-order valence-electron chi connectivity index (χ4n) is 2.92. The lowest BCUT2D eigenvalue weighted by atomic mass is 9.93. The Morgan fingerprint density at radius 3 is 2.68 bits per heavy atom. The summed E-state index contributed by atoms with van der Waals surface area (Å²) < 4.78 is 0. The Morgan fingerprint density at radius 1 is 1.41 bits per heavy atom. The van der Waals surface area contributed by atoms with Crippen LogP contribution in [0, 0.1) is 23.0 Å². The van der Waals surface area contributed by atoms with Crippen molar-refractivity contribution < 1.29 is 9.72 Å². The summed E-state index contributed by atoms with van der Waals surface area (Å²) in [7, 11) is 1.94. The standard InChI is InChI=1S/C16H23N3O3/c1-12-3-4-15(19(21)22)14(11-12)16(20)18-9-6-13(7-10-18)5-8-17-2/h3-4,11,13,17H,5-10H2,1-2H3. The lowest BCUT2D eigenvalue weighted by Gasteiger charge is -2.32. The van der Waals surface area contributed by atoms with Crippen molar-refractivity contribution >= 4 is 11.6 Å². The Morgan fingerprint density at radius 2 is 2.09 bits per heavy atom. The van der Waals surface area contributed by atoms with Crippen molar-refractivity contribution in [3.05, 3.63) is 39.4 Å². The Kier molecular flexibility index (Phi) is 5.49. The molecule has 1 aromatic carbocycles. The minimum Gasteiger partial charge on any atom is -0.338 e. The molecule has 1 aliphatic heterocycles.